The minimum absolute atomic E-state index is 0.00523. The van der Waals surface area contributed by atoms with E-state index in [4.69, 9.17) is 4.74 Å². The van der Waals surface area contributed by atoms with Crippen LogP contribution in [-0.4, -0.2) is 56.9 Å². The van der Waals surface area contributed by atoms with Crippen molar-refractivity contribution in [3.8, 4) is 11.5 Å². The summed E-state index contributed by atoms with van der Waals surface area (Å²) in [4.78, 5) is 26.5. The van der Waals surface area contributed by atoms with Gasteiger partial charge in [0.25, 0.3) is 0 Å². The standard InChI is InChI=1S/C22H29NO6/c1-4-12-29-20(27)23-11-10-21(13-16(24)8-9-22(21,28)14(23)3)18-15(5-2)6-7-17(25)19(18)26/h4,6-7,14,25-26,28H,1,5,8-13H2,2-3H3. The first-order valence-electron chi connectivity index (χ1n) is 10.0. The molecular weight excluding hydrogens is 374 g/mol. The number of aliphatic hydroxyl groups is 1. The van der Waals surface area contributed by atoms with Crippen molar-refractivity contribution in [2.24, 2.45) is 0 Å². The molecular formula is C22H29NO6. The fourth-order valence-corrected chi connectivity index (χ4v) is 5.17. The molecule has 3 unspecified atom stereocenters. The number of hydrogen-bond donors (Lipinski definition) is 3. The first kappa shape index (κ1) is 21.2. The number of phenolic OH excluding ortho intramolecular Hbond substituents is 2. The number of nitrogens with zero attached hydrogens (tertiary/aromatic N) is 1. The molecule has 29 heavy (non-hydrogen) atoms. The van der Waals surface area contributed by atoms with Gasteiger partial charge in [0.15, 0.2) is 11.5 Å². The van der Waals surface area contributed by atoms with Crippen molar-refractivity contribution in [3.05, 3.63) is 35.9 Å². The molecule has 1 saturated carbocycles. The summed E-state index contributed by atoms with van der Waals surface area (Å²) in [5, 5.41) is 32.9. The molecule has 0 aromatic heterocycles. The normalized spacial score (nSPS) is 29.3. The number of amides is 1. The summed E-state index contributed by atoms with van der Waals surface area (Å²) in [7, 11) is 0. The lowest BCUT2D eigenvalue weighted by Gasteiger charge is -2.59. The van der Waals surface area contributed by atoms with Crippen molar-refractivity contribution in [1.82, 2.24) is 4.90 Å². The number of aromatic hydroxyl groups is 2. The number of phenols is 2. The number of carbonyl (C=O) groups is 2. The molecule has 1 aliphatic carbocycles. The third kappa shape index (κ3) is 3.17. The summed E-state index contributed by atoms with van der Waals surface area (Å²) in [6, 6.07) is 2.49. The summed E-state index contributed by atoms with van der Waals surface area (Å²) in [5.74, 6) is -0.589. The Bertz CT molecular complexity index is 837. The van der Waals surface area contributed by atoms with Crippen LogP contribution in [-0.2, 0) is 21.4 Å². The van der Waals surface area contributed by atoms with E-state index < -0.39 is 23.2 Å². The molecule has 2 aliphatic rings. The quantitative estimate of drug-likeness (QED) is 0.527. The molecule has 0 bridgehead atoms. The van der Waals surface area contributed by atoms with Crippen LogP contribution in [0.25, 0.3) is 0 Å². The van der Waals surface area contributed by atoms with E-state index in [-0.39, 0.29) is 56.1 Å². The molecule has 3 rings (SSSR count). The Morgan fingerprint density at radius 2 is 2.10 bits per heavy atom. The van der Waals surface area contributed by atoms with Crippen LogP contribution < -0.4 is 0 Å². The van der Waals surface area contributed by atoms with E-state index in [0.717, 1.165) is 5.56 Å². The maximum Gasteiger partial charge on any atom is 0.410 e. The molecule has 1 aromatic rings. The topological polar surface area (TPSA) is 107 Å². The molecule has 7 nitrogen and oxygen atoms in total. The van der Waals surface area contributed by atoms with Gasteiger partial charge in [0, 0.05) is 30.4 Å². The minimum atomic E-state index is -1.46. The maximum atomic E-state index is 12.5. The molecule has 0 spiro atoms. The van der Waals surface area contributed by atoms with Gasteiger partial charge in [-0.05, 0) is 37.8 Å². The monoisotopic (exact) mass is 403 g/mol. The fourth-order valence-electron chi connectivity index (χ4n) is 5.17. The van der Waals surface area contributed by atoms with Gasteiger partial charge < -0.3 is 25.0 Å². The molecule has 1 amide bonds. The molecule has 158 valence electrons. The van der Waals surface area contributed by atoms with Crippen LogP contribution in [0.2, 0.25) is 0 Å². The van der Waals surface area contributed by atoms with Gasteiger partial charge in [0.1, 0.15) is 12.4 Å². The predicted molar refractivity (Wildman–Crippen MR) is 107 cm³/mol. The Labute approximate surface area is 170 Å². The summed E-state index contributed by atoms with van der Waals surface area (Å²) in [5.41, 5.74) is -1.36. The summed E-state index contributed by atoms with van der Waals surface area (Å²) in [6.07, 6.45) is 2.17. The first-order valence-corrected chi connectivity index (χ1v) is 10.0. The third-order valence-corrected chi connectivity index (χ3v) is 6.71. The van der Waals surface area contributed by atoms with Crippen LogP contribution in [0.5, 0.6) is 11.5 Å². The van der Waals surface area contributed by atoms with E-state index in [2.05, 4.69) is 6.58 Å². The zero-order valence-corrected chi connectivity index (χ0v) is 17.0. The van der Waals surface area contributed by atoms with E-state index >= 15 is 0 Å². The highest BCUT2D eigenvalue weighted by atomic mass is 16.6. The van der Waals surface area contributed by atoms with Crippen molar-refractivity contribution in [1.29, 1.82) is 0 Å². The highest BCUT2D eigenvalue weighted by Gasteiger charge is 2.63. The number of likely N-dealkylation sites (tertiary alicyclic amines) is 1. The molecule has 0 radical (unpaired) electrons. The highest BCUT2D eigenvalue weighted by Crippen LogP contribution is 2.57. The maximum absolute atomic E-state index is 12.5. The highest BCUT2D eigenvalue weighted by molar-refractivity contribution is 5.83. The van der Waals surface area contributed by atoms with Gasteiger partial charge in [0.05, 0.1) is 11.6 Å². The van der Waals surface area contributed by atoms with Gasteiger partial charge in [-0.25, -0.2) is 4.79 Å². The molecule has 3 N–H and O–H groups in total. The van der Waals surface area contributed by atoms with Gasteiger partial charge in [-0.2, -0.15) is 0 Å². The number of ketones is 1. The predicted octanol–water partition coefficient (Wildman–Crippen LogP) is 2.80. The minimum Gasteiger partial charge on any atom is -0.504 e. The first-order chi connectivity index (χ1) is 13.7. The second kappa shape index (κ2) is 7.71. The lowest BCUT2D eigenvalue weighted by atomic mass is 9.53. The summed E-state index contributed by atoms with van der Waals surface area (Å²) < 4.78 is 5.17. The van der Waals surface area contributed by atoms with E-state index in [1.807, 2.05) is 6.92 Å². The van der Waals surface area contributed by atoms with Crippen molar-refractivity contribution >= 4 is 11.9 Å². The molecule has 7 heteroatoms. The molecule has 1 saturated heterocycles. The summed E-state index contributed by atoms with van der Waals surface area (Å²) >= 11 is 0. The van der Waals surface area contributed by atoms with E-state index in [9.17, 15) is 24.9 Å². The van der Waals surface area contributed by atoms with Gasteiger partial charge in [-0.3, -0.25) is 4.79 Å². The molecule has 1 aliphatic heterocycles. The van der Waals surface area contributed by atoms with Gasteiger partial charge in [-0.1, -0.05) is 25.6 Å². The smallest absolute Gasteiger partial charge is 0.410 e. The number of ether oxygens (including phenoxy) is 1. The number of benzene rings is 1. The summed E-state index contributed by atoms with van der Waals surface area (Å²) in [6.45, 7) is 7.52. The lowest BCUT2D eigenvalue weighted by molar-refractivity contribution is -0.160. The number of fused-ring (bicyclic) bond motifs is 1. The lowest BCUT2D eigenvalue weighted by Crippen LogP contribution is -2.70. The van der Waals surface area contributed by atoms with Crippen molar-refractivity contribution in [2.45, 2.75) is 63.0 Å². The van der Waals surface area contributed by atoms with Crippen LogP contribution in [0.1, 0.15) is 50.7 Å². The molecule has 2 fully saturated rings. The average Bonchev–Trinajstić information content (AvgIpc) is 2.70. The Morgan fingerprint density at radius 1 is 1.38 bits per heavy atom. The van der Waals surface area contributed by atoms with Crippen molar-refractivity contribution in [2.75, 3.05) is 13.2 Å². The van der Waals surface area contributed by atoms with E-state index in [1.165, 1.54) is 17.0 Å². The van der Waals surface area contributed by atoms with Crippen LogP contribution in [0.4, 0.5) is 4.79 Å². The van der Waals surface area contributed by atoms with Gasteiger partial charge in [0.2, 0.25) is 0 Å². The van der Waals surface area contributed by atoms with Crippen molar-refractivity contribution < 1.29 is 29.6 Å². The molecule has 1 heterocycles. The number of Topliss-reactive ketones (excluding diaryl/α,β-unsaturated/α-hetero) is 1. The number of carbonyl (C=O) groups excluding carboxylic acids is 2. The average molecular weight is 403 g/mol. The Kier molecular flexibility index (Phi) is 5.63. The SMILES string of the molecule is C=CCOC(=O)N1CCC2(c3c(CC)ccc(O)c3O)CC(=O)CCC2(O)C1C. The number of rotatable bonds is 4. The van der Waals surface area contributed by atoms with Crippen LogP contribution >= 0.6 is 0 Å². The van der Waals surface area contributed by atoms with Crippen LogP contribution in [0.15, 0.2) is 24.8 Å². The van der Waals surface area contributed by atoms with Crippen LogP contribution in [0, 0.1) is 0 Å². The zero-order chi connectivity index (χ0) is 21.4. The van der Waals surface area contributed by atoms with E-state index in [0.29, 0.717) is 12.0 Å². The van der Waals surface area contributed by atoms with Gasteiger partial charge in [-0.15, -0.1) is 0 Å². The second-order valence-corrected chi connectivity index (χ2v) is 8.03. The van der Waals surface area contributed by atoms with E-state index in [1.54, 1.807) is 13.0 Å². The van der Waals surface area contributed by atoms with Gasteiger partial charge >= 0.3 is 6.09 Å². The largest absolute Gasteiger partial charge is 0.504 e. The number of hydrogen-bond acceptors (Lipinski definition) is 6. The number of piperidine rings is 1. The molecule has 3 atom stereocenters. The Hall–Kier alpha value is -2.54. The molecule has 1 aromatic carbocycles. The fraction of sp³-hybridized carbons (Fsp3) is 0.545. The Morgan fingerprint density at radius 3 is 2.76 bits per heavy atom. The van der Waals surface area contributed by atoms with Crippen molar-refractivity contribution in [3.63, 3.8) is 0 Å². The van der Waals surface area contributed by atoms with Crippen LogP contribution in [0.3, 0.4) is 0 Å². The Balaban J connectivity index is 2.14. The number of aryl methyl sites for hydroxylation is 1. The third-order valence-electron chi connectivity index (χ3n) is 6.71. The second-order valence-electron chi connectivity index (χ2n) is 8.03. The zero-order valence-electron chi connectivity index (χ0n) is 17.0.